The van der Waals surface area contributed by atoms with Crippen LogP contribution in [0.1, 0.15) is 15.4 Å². The first kappa shape index (κ1) is 25.5. The molecule has 0 atom stereocenters. The van der Waals surface area contributed by atoms with Crippen LogP contribution in [-0.2, 0) is 0 Å². The number of carbonyl (C=O) groups is 1. The molecule has 0 aliphatic carbocycles. The molecule has 0 radical (unpaired) electrons. The number of pyridine rings is 1. The lowest BCUT2D eigenvalue weighted by Crippen LogP contribution is -2.38. The Morgan fingerprint density at radius 1 is 1.07 bits per heavy atom. The fraction of sp³-hybridized carbons (Fsp3) is 0.0345. The standard InChI is InChI=1S/C29H18ClFN4O4S/c1-38-20-11-9-19(10-12-20)35-25(29(37)39-34-35)26(36)27-24(32)23-21(16-3-2-4-18(31)13-16)14-22(33-28(23)40-27)15-5-7-17(30)8-6-15/h2-14H,1H3,(H2-,32,34,36,37)/p+1. The number of benzene rings is 3. The Hall–Kier alpha value is -4.80. The van der Waals surface area contributed by atoms with Crippen LogP contribution < -0.4 is 15.2 Å². The summed E-state index contributed by atoms with van der Waals surface area (Å²) >= 11 is 7.13. The van der Waals surface area contributed by atoms with Crippen LogP contribution in [0.5, 0.6) is 11.7 Å². The molecule has 0 unspecified atom stereocenters. The van der Waals surface area contributed by atoms with E-state index in [0.29, 0.717) is 43.5 Å². The van der Waals surface area contributed by atoms with Crippen LogP contribution in [0, 0.1) is 5.82 Å². The topological polar surface area (TPSA) is 115 Å². The molecule has 3 heterocycles. The van der Waals surface area contributed by atoms with Gasteiger partial charge < -0.3 is 15.6 Å². The summed E-state index contributed by atoms with van der Waals surface area (Å²) in [5.74, 6) is -1.10. The number of ether oxygens (including phenoxy) is 1. The summed E-state index contributed by atoms with van der Waals surface area (Å²) in [6.45, 7) is 0. The summed E-state index contributed by atoms with van der Waals surface area (Å²) in [6, 6.07) is 21.7. The first-order valence-electron chi connectivity index (χ1n) is 11.9. The van der Waals surface area contributed by atoms with Gasteiger partial charge in [0.2, 0.25) is 11.0 Å². The van der Waals surface area contributed by atoms with E-state index in [0.717, 1.165) is 16.9 Å². The molecule has 0 amide bonds. The van der Waals surface area contributed by atoms with Crippen molar-refractivity contribution in [1.29, 1.82) is 0 Å². The van der Waals surface area contributed by atoms with Crippen LogP contribution in [0.3, 0.4) is 0 Å². The second-order valence-corrected chi connectivity index (χ2v) is 10.2. The molecule has 8 nitrogen and oxygen atoms in total. The molecule has 0 spiro atoms. The van der Waals surface area contributed by atoms with Gasteiger partial charge in [0, 0.05) is 32.8 Å². The number of carbonyl (C=O) groups excluding carboxylic acids is 1. The van der Waals surface area contributed by atoms with Gasteiger partial charge >= 0.3 is 11.6 Å². The van der Waals surface area contributed by atoms with Gasteiger partial charge in [-0.05, 0) is 53.6 Å². The van der Waals surface area contributed by atoms with Crippen molar-refractivity contribution < 1.29 is 28.2 Å². The second-order valence-electron chi connectivity index (χ2n) is 8.76. The van der Waals surface area contributed by atoms with Crippen molar-refractivity contribution in [2.24, 2.45) is 0 Å². The SMILES string of the molecule is COc1ccc(-[n+]2noc(O)c2C(=O)c2sc3nc(-c4ccc(Cl)cc4)cc(-c4cccc(F)c4)c3c2N)cc1. The summed E-state index contributed by atoms with van der Waals surface area (Å²) in [5, 5.41) is 15.4. The number of fused-ring (bicyclic) bond motifs is 1. The van der Waals surface area contributed by atoms with Crippen molar-refractivity contribution in [3.05, 3.63) is 100 Å². The van der Waals surface area contributed by atoms with E-state index < -0.39 is 17.5 Å². The third kappa shape index (κ3) is 4.42. The van der Waals surface area contributed by atoms with Gasteiger partial charge in [0.25, 0.3) is 5.78 Å². The van der Waals surface area contributed by atoms with Crippen LogP contribution in [0.15, 0.2) is 83.4 Å². The van der Waals surface area contributed by atoms with Gasteiger partial charge in [-0.2, -0.15) is 0 Å². The molecule has 3 aromatic heterocycles. The maximum Gasteiger partial charge on any atom is 0.393 e. The number of thiophene rings is 1. The molecule has 40 heavy (non-hydrogen) atoms. The van der Waals surface area contributed by atoms with Crippen molar-refractivity contribution in [3.63, 3.8) is 0 Å². The van der Waals surface area contributed by atoms with E-state index in [2.05, 4.69) is 5.27 Å². The number of nitrogens with two attached hydrogens (primary N) is 1. The molecule has 11 heteroatoms. The predicted molar refractivity (Wildman–Crippen MR) is 150 cm³/mol. The van der Waals surface area contributed by atoms with Gasteiger partial charge in [-0.1, -0.05) is 35.9 Å². The third-order valence-electron chi connectivity index (χ3n) is 6.34. The molecular formula is C29H19ClFN4O4S+. The van der Waals surface area contributed by atoms with Crippen molar-refractivity contribution in [2.75, 3.05) is 12.8 Å². The fourth-order valence-corrected chi connectivity index (χ4v) is 5.58. The number of methoxy groups -OCH3 is 1. The normalized spacial score (nSPS) is 11.2. The Balaban J connectivity index is 1.54. The number of hydrogen-bond acceptors (Lipinski definition) is 8. The molecule has 0 bridgehead atoms. The molecule has 0 saturated heterocycles. The zero-order chi connectivity index (χ0) is 28.0. The highest BCUT2D eigenvalue weighted by Crippen LogP contribution is 2.42. The number of nitrogens with zero attached hydrogens (tertiary/aromatic N) is 3. The van der Waals surface area contributed by atoms with E-state index in [-0.39, 0.29) is 16.3 Å². The van der Waals surface area contributed by atoms with E-state index >= 15 is 0 Å². The Bertz CT molecular complexity index is 1900. The number of anilines is 1. The Labute approximate surface area is 235 Å². The minimum atomic E-state index is -0.669. The third-order valence-corrected chi connectivity index (χ3v) is 7.69. The highest BCUT2D eigenvalue weighted by Gasteiger charge is 2.37. The second kappa shape index (κ2) is 10.1. The van der Waals surface area contributed by atoms with E-state index in [9.17, 15) is 14.3 Å². The van der Waals surface area contributed by atoms with Crippen LogP contribution in [-0.4, -0.2) is 28.3 Å². The quantitative estimate of drug-likeness (QED) is 0.180. The molecule has 198 valence electrons. The van der Waals surface area contributed by atoms with Crippen molar-refractivity contribution >= 4 is 44.6 Å². The van der Waals surface area contributed by atoms with E-state index in [1.165, 1.54) is 23.9 Å². The number of halogens is 2. The summed E-state index contributed by atoms with van der Waals surface area (Å²) in [4.78, 5) is 19.2. The number of hydrogen-bond donors (Lipinski definition) is 2. The molecule has 3 N–H and O–H groups in total. The molecule has 6 aromatic rings. The zero-order valence-electron chi connectivity index (χ0n) is 20.8. The monoisotopic (exact) mass is 573 g/mol. The minimum Gasteiger partial charge on any atom is -0.497 e. The van der Waals surface area contributed by atoms with Gasteiger partial charge in [0.1, 0.15) is 21.3 Å². The van der Waals surface area contributed by atoms with Crippen molar-refractivity contribution in [2.45, 2.75) is 0 Å². The predicted octanol–water partition coefficient (Wildman–Crippen LogP) is 6.21. The van der Waals surface area contributed by atoms with Crippen molar-refractivity contribution in [3.8, 4) is 39.8 Å². The number of aromatic hydroxyl groups is 1. The summed E-state index contributed by atoms with van der Waals surface area (Å²) in [5.41, 5.74) is 9.49. The number of rotatable bonds is 6. The lowest BCUT2D eigenvalue weighted by Gasteiger charge is -2.09. The van der Waals surface area contributed by atoms with Gasteiger partial charge in [0.15, 0.2) is 0 Å². The molecular weight excluding hydrogens is 555 g/mol. The van der Waals surface area contributed by atoms with Gasteiger partial charge in [-0.25, -0.2) is 9.37 Å². The van der Waals surface area contributed by atoms with Crippen LogP contribution in [0.2, 0.25) is 5.02 Å². The smallest absolute Gasteiger partial charge is 0.393 e. The first-order valence-corrected chi connectivity index (χ1v) is 13.1. The molecule has 0 saturated carbocycles. The average Bonchev–Trinajstić information content (AvgIpc) is 3.52. The fourth-order valence-electron chi connectivity index (χ4n) is 4.40. The maximum atomic E-state index is 14.3. The molecule has 0 aliphatic rings. The minimum absolute atomic E-state index is 0.120. The van der Waals surface area contributed by atoms with Crippen LogP contribution in [0.4, 0.5) is 10.1 Å². The summed E-state index contributed by atoms with van der Waals surface area (Å²) < 4.78 is 25.6. The highest BCUT2D eigenvalue weighted by molar-refractivity contribution is 7.21. The Morgan fingerprint density at radius 2 is 1.82 bits per heavy atom. The largest absolute Gasteiger partial charge is 0.497 e. The number of nitrogen functional groups attached to an aromatic ring is 1. The van der Waals surface area contributed by atoms with Crippen LogP contribution >= 0.6 is 22.9 Å². The van der Waals surface area contributed by atoms with Gasteiger partial charge in [-0.15, -0.1) is 11.3 Å². The molecule has 0 aliphatic heterocycles. The number of aromatic nitrogens is 3. The Kier molecular flexibility index (Phi) is 6.41. The number of ketones is 1. The average molecular weight is 574 g/mol. The van der Waals surface area contributed by atoms with E-state index in [1.807, 2.05) is 12.1 Å². The van der Waals surface area contributed by atoms with Gasteiger partial charge in [0.05, 0.1) is 18.5 Å². The molecule has 6 rings (SSSR count). The summed E-state index contributed by atoms with van der Waals surface area (Å²) in [7, 11) is 1.54. The van der Waals surface area contributed by atoms with Crippen LogP contribution in [0.25, 0.3) is 38.3 Å². The lowest BCUT2D eigenvalue weighted by molar-refractivity contribution is -0.672. The maximum absolute atomic E-state index is 14.3. The first-order chi connectivity index (χ1) is 19.3. The molecule has 0 fully saturated rings. The Morgan fingerprint density at radius 3 is 2.52 bits per heavy atom. The van der Waals surface area contributed by atoms with E-state index in [4.69, 9.17) is 31.6 Å². The highest BCUT2D eigenvalue weighted by atomic mass is 35.5. The van der Waals surface area contributed by atoms with Gasteiger partial charge in [-0.3, -0.25) is 9.32 Å². The molecule has 3 aromatic carbocycles. The summed E-state index contributed by atoms with van der Waals surface area (Å²) in [6.07, 6.45) is 0. The van der Waals surface area contributed by atoms with E-state index in [1.54, 1.807) is 54.6 Å². The lowest BCUT2D eigenvalue weighted by atomic mass is 9.99. The zero-order valence-corrected chi connectivity index (χ0v) is 22.3. The van der Waals surface area contributed by atoms with Crippen molar-refractivity contribution in [1.82, 2.24) is 10.3 Å².